The topological polar surface area (TPSA) is 104 Å². The molecule has 0 fully saturated rings. The Morgan fingerprint density at radius 3 is 2.88 bits per heavy atom. The molecular formula is C15H18ClN3O4S. The summed E-state index contributed by atoms with van der Waals surface area (Å²) in [6, 6.07) is 6.73. The summed E-state index contributed by atoms with van der Waals surface area (Å²) < 4.78 is 9.77. The number of aromatic nitrogens is 1. The Morgan fingerprint density at radius 1 is 1.38 bits per heavy atom. The van der Waals surface area contributed by atoms with Crippen LogP contribution in [0.5, 0.6) is 5.75 Å². The molecule has 1 heterocycles. The van der Waals surface area contributed by atoms with Gasteiger partial charge in [-0.2, -0.15) is 0 Å². The van der Waals surface area contributed by atoms with Gasteiger partial charge in [0.25, 0.3) is 5.91 Å². The van der Waals surface area contributed by atoms with Crippen molar-refractivity contribution in [1.82, 2.24) is 4.98 Å². The Morgan fingerprint density at radius 2 is 2.17 bits per heavy atom. The highest BCUT2D eigenvalue weighted by molar-refractivity contribution is 7.09. The number of anilines is 1. The molecule has 0 saturated carbocycles. The molecule has 0 unspecified atom stereocenters. The highest BCUT2D eigenvalue weighted by atomic mass is 35.5. The van der Waals surface area contributed by atoms with E-state index in [1.165, 1.54) is 18.4 Å². The Bertz CT molecular complexity index is 693. The van der Waals surface area contributed by atoms with Crippen molar-refractivity contribution in [2.45, 2.75) is 6.42 Å². The molecule has 0 aliphatic heterocycles. The number of halogens is 1. The summed E-state index contributed by atoms with van der Waals surface area (Å²) in [7, 11) is 1.29. The van der Waals surface area contributed by atoms with Gasteiger partial charge in [-0.3, -0.25) is 4.79 Å². The second-order valence-corrected chi connectivity index (χ2v) is 5.45. The molecule has 2 rings (SSSR count). The first-order valence-corrected chi connectivity index (χ1v) is 7.76. The van der Waals surface area contributed by atoms with Crippen LogP contribution < -0.4 is 15.8 Å². The maximum Gasteiger partial charge on any atom is 0.343 e. The SMILES string of the molecule is COC(=O)COc1cccc(NC(=O)c2csc(CCN)n2)c1.Cl. The first-order valence-electron chi connectivity index (χ1n) is 6.88. The molecule has 1 aromatic carbocycles. The first-order chi connectivity index (χ1) is 11.1. The van der Waals surface area contributed by atoms with Crippen LogP contribution >= 0.6 is 23.7 Å². The molecule has 3 N–H and O–H groups in total. The van der Waals surface area contributed by atoms with E-state index in [9.17, 15) is 9.59 Å². The van der Waals surface area contributed by atoms with Gasteiger partial charge in [0, 0.05) is 23.6 Å². The lowest BCUT2D eigenvalue weighted by Crippen LogP contribution is -2.14. The van der Waals surface area contributed by atoms with Crippen LogP contribution in [0, 0.1) is 0 Å². The second-order valence-electron chi connectivity index (χ2n) is 4.51. The molecule has 0 saturated heterocycles. The van der Waals surface area contributed by atoms with Crippen LogP contribution in [0.25, 0.3) is 0 Å². The number of carbonyl (C=O) groups is 2. The number of nitrogens with two attached hydrogens (primary N) is 1. The Kier molecular flexibility index (Phi) is 8.17. The van der Waals surface area contributed by atoms with Crippen molar-refractivity contribution in [3.05, 3.63) is 40.3 Å². The Balaban J connectivity index is 0.00000288. The number of benzene rings is 1. The molecule has 0 aliphatic carbocycles. The maximum absolute atomic E-state index is 12.1. The molecule has 0 bridgehead atoms. The van der Waals surface area contributed by atoms with Crippen molar-refractivity contribution in [2.24, 2.45) is 5.73 Å². The van der Waals surface area contributed by atoms with Gasteiger partial charge in [-0.05, 0) is 18.7 Å². The van der Waals surface area contributed by atoms with E-state index in [0.29, 0.717) is 30.1 Å². The van der Waals surface area contributed by atoms with Gasteiger partial charge in [-0.25, -0.2) is 9.78 Å². The standard InChI is InChI=1S/C15H17N3O4S.ClH/c1-21-14(19)8-22-11-4-2-3-10(7-11)17-15(20)12-9-23-13(18-12)5-6-16;/h2-4,7,9H,5-6,8,16H2,1H3,(H,17,20);1H. The van der Waals surface area contributed by atoms with Crippen molar-refractivity contribution < 1.29 is 19.1 Å². The second kappa shape index (κ2) is 9.86. The van der Waals surface area contributed by atoms with Crippen LogP contribution in [0.3, 0.4) is 0 Å². The largest absolute Gasteiger partial charge is 0.482 e. The molecule has 9 heteroatoms. The van der Waals surface area contributed by atoms with Crippen molar-refractivity contribution in [3.63, 3.8) is 0 Å². The highest BCUT2D eigenvalue weighted by Gasteiger charge is 2.11. The molecule has 130 valence electrons. The lowest BCUT2D eigenvalue weighted by Gasteiger charge is -2.07. The number of amides is 1. The molecule has 2 aromatic rings. The summed E-state index contributed by atoms with van der Waals surface area (Å²) in [6.45, 7) is 0.302. The minimum Gasteiger partial charge on any atom is -0.482 e. The number of hydrogen-bond donors (Lipinski definition) is 2. The minimum atomic E-state index is -0.477. The summed E-state index contributed by atoms with van der Waals surface area (Å²) in [5.74, 6) is -0.334. The predicted octanol–water partition coefficient (Wildman–Crippen LogP) is 1.87. The van der Waals surface area contributed by atoms with E-state index in [-0.39, 0.29) is 24.9 Å². The van der Waals surface area contributed by atoms with E-state index in [1.807, 2.05) is 0 Å². The number of ether oxygens (including phenoxy) is 2. The van der Waals surface area contributed by atoms with E-state index in [2.05, 4.69) is 15.0 Å². The molecule has 1 aromatic heterocycles. The van der Waals surface area contributed by atoms with E-state index < -0.39 is 5.97 Å². The number of nitrogens with one attached hydrogen (secondary N) is 1. The van der Waals surface area contributed by atoms with Crippen molar-refractivity contribution in [2.75, 3.05) is 25.6 Å². The predicted molar refractivity (Wildman–Crippen MR) is 94.0 cm³/mol. The minimum absolute atomic E-state index is 0. The number of methoxy groups -OCH3 is 1. The molecule has 1 amide bonds. The third-order valence-corrected chi connectivity index (χ3v) is 3.73. The summed E-state index contributed by atoms with van der Waals surface area (Å²) >= 11 is 1.40. The van der Waals surface area contributed by atoms with Gasteiger partial charge in [0.1, 0.15) is 11.4 Å². The van der Waals surface area contributed by atoms with Crippen LogP contribution in [0.2, 0.25) is 0 Å². The van der Waals surface area contributed by atoms with E-state index in [4.69, 9.17) is 10.5 Å². The number of thiazole rings is 1. The van der Waals surface area contributed by atoms with Crippen LogP contribution in [0.1, 0.15) is 15.5 Å². The third-order valence-electron chi connectivity index (χ3n) is 2.82. The molecule has 0 aliphatic rings. The molecule has 0 radical (unpaired) electrons. The Labute approximate surface area is 149 Å². The molecule has 0 spiro atoms. The molecule has 24 heavy (non-hydrogen) atoms. The van der Waals surface area contributed by atoms with Gasteiger partial charge < -0.3 is 20.5 Å². The zero-order chi connectivity index (χ0) is 16.7. The molecule has 7 nitrogen and oxygen atoms in total. The fraction of sp³-hybridized carbons (Fsp3) is 0.267. The summed E-state index contributed by atoms with van der Waals surface area (Å²) in [5.41, 5.74) is 6.36. The van der Waals surface area contributed by atoms with Gasteiger partial charge in [-0.1, -0.05) is 6.07 Å². The lowest BCUT2D eigenvalue weighted by molar-refractivity contribution is -0.142. The number of hydrogen-bond acceptors (Lipinski definition) is 7. The number of carbonyl (C=O) groups excluding carboxylic acids is 2. The van der Waals surface area contributed by atoms with Gasteiger partial charge in [0.05, 0.1) is 12.1 Å². The van der Waals surface area contributed by atoms with Crippen LogP contribution in [-0.2, 0) is 16.0 Å². The maximum atomic E-state index is 12.1. The van der Waals surface area contributed by atoms with Gasteiger partial charge in [0.2, 0.25) is 0 Å². The van der Waals surface area contributed by atoms with Crippen LogP contribution in [0.15, 0.2) is 29.6 Å². The summed E-state index contributed by atoms with van der Waals surface area (Å²) in [4.78, 5) is 27.4. The van der Waals surface area contributed by atoms with Gasteiger partial charge >= 0.3 is 5.97 Å². The van der Waals surface area contributed by atoms with Gasteiger partial charge in [0.15, 0.2) is 6.61 Å². The number of esters is 1. The van der Waals surface area contributed by atoms with Crippen LogP contribution in [-0.4, -0.2) is 37.1 Å². The van der Waals surface area contributed by atoms with E-state index >= 15 is 0 Å². The average molecular weight is 372 g/mol. The molecular weight excluding hydrogens is 354 g/mol. The fourth-order valence-electron chi connectivity index (χ4n) is 1.71. The lowest BCUT2D eigenvalue weighted by atomic mass is 10.3. The average Bonchev–Trinajstić information content (AvgIpc) is 3.02. The quantitative estimate of drug-likeness (QED) is 0.720. The smallest absolute Gasteiger partial charge is 0.343 e. The molecule has 0 atom stereocenters. The van der Waals surface area contributed by atoms with E-state index in [0.717, 1.165) is 5.01 Å². The monoisotopic (exact) mass is 371 g/mol. The zero-order valence-electron chi connectivity index (χ0n) is 13.0. The van der Waals surface area contributed by atoms with Gasteiger partial charge in [-0.15, -0.1) is 23.7 Å². The summed E-state index contributed by atoms with van der Waals surface area (Å²) in [6.07, 6.45) is 0.648. The van der Waals surface area contributed by atoms with Crippen molar-refractivity contribution >= 4 is 41.3 Å². The fourth-order valence-corrected chi connectivity index (χ4v) is 2.51. The Hall–Kier alpha value is -2.16. The highest BCUT2D eigenvalue weighted by Crippen LogP contribution is 2.19. The first kappa shape index (κ1) is 19.9. The number of nitrogens with zero attached hydrogens (tertiary/aromatic N) is 1. The third kappa shape index (κ3) is 5.80. The normalized spacial score (nSPS) is 9.75. The zero-order valence-corrected chi connectivity index (χ0v) is 14.6. The van der Waals surface area contributed by atoms with Crippen molar-refractivity contribution in [1.29, 1.82) is 0 Å². The summed E-state index contributed by atoms with van der Waals surface area (Å²) in [5, 5.41) is 5.25. The van der Waals surface area contributed by atoms with Crippen LogP contribution in [0.4, 0.5) is 5.69 Å². The number of rotatable bonds is 7. The van der Waals surface area contributed by atoms with E-state index in [1.54, 1.807) is 29.6 Å². The van der Waals surface area contributed by atoms with Crippen molar-refractivity contribution in [3.8, 4) is 5.75 Å².